The minimum Gasteiger partial charge on any atom is -0.334 e. The first-order valence-electron chi connectivity index (χ1n) is 5.14. The molecule has 0 bridgehead atoms. The number of nitrogens with zero attached hydrogens (tertiary/aromatic N) is 2. The van der Waals surface area contributed by atoms with Crippen LogP contribution in [0.15, 0.2) is 28.8 Å². The SMILES string of the molecule is CCc1noc(-c2ccc(C(C)=O)cc2)n1. The molecule has 82 valence electrons. The van der Waals surface area contributed by atoms with Crippen molar-refractivity contribution in [3.63, 3.8) is 0 Å². The third kappa shape index (κ3) is 2.00. The van der Waals surface area contributed by atoms with E-state index in [1.807, 2.05) is 19.1 Å². The van der Waals surface area contributed by atoms with Crippen LogP contribution in [-0.2, 0) is 6.42 Å². The second kappa shape index (κ2) is 4.26. The Labute approximate surface area is 93.3 Å². The number of hydrogen-bond acceptors (Lipinski definition) is 4. The number of aromatic nitrogens is 2. The molecule has 0 radical (unpaired) electrons. The lowest BCUT2D eigenvalue weighted by molar-refractivity contribution is 0.101. The Bertz CT molecular complexity index is 500. The monoisotopic (exact) mass is 216 g/mol. The van der Waals surface area contributed by atoms with E-state index in [0.717, 1.165) is 12.0 Å². The molecule has 1 heterocycles. The molecule has 16 heavy (non-hydrogen) atoms. The lowest BCUT2D eigenvalue weighted by Gasteiger charge is -1.96. The summed E-state index contributed by atoms with van der Waals surface area (Å²) >= 11 is 0. The molecule has 0 saturated carbocycles. The zero-order valence-corrected chi connectivity index (χ0v) is 9.23. The highest BCUT2D eigenvalue weighted by molar-refractivity contribution is 5.94. The number of benzene rings is 1. The summed E-state index contributed by atoms with van der Waals surface area (Å²) in [6, 6.07) is 7.13. The molecule has 0 unspecified atom stereocenters. The van der Waals surface area contributed by atoms with Crippen LogP contribution < -0.4 is 0 Å². The van der Waals surface area contributed by atoms with Crippen LogP contribution in [0.1, 0.15) is 30.0 Å². The number of hydrogen-bond donors (Lipinski definition) is 0. The first-order valence-corrected chi connectivity index (χ1v) is 5.14. The fourth-order valence-corrected chi connectivity index (χ4v) is 1.36. The largest absolute Gasteiger partial charge is 0.334 e. The van der Waals surface area contributed by atoms with E-state index in [2.05, 4.69) is 10.1 Å². The van der Waals surface area contributed by atoms with Gasteiger partial charge in [-0.2, -0.15) is 4.98 Å². The predicted octanol–water partition coefficient (Wildman–Crippen LogP) is 2.50. The molecule has 0 amide bonds. The fraction of sp³-hybridized carbons (Fsp3) is 0.250. The van der Waals surface area contributed by atoms with Gasteiger partial charge in [-0.1, -0.05) is 24.2 Å². The van der Waals surface area contributed by atoms with Crippen molar-refractivity contribution < 1.29 is 9.32 Å². The van der Waals surface area contributed by atoms with Crippen molar-refractivity contribution in [2.24, 2.45) is 0 Å². The minimum absolute atomic E-state index is 0.0475. The van der Waals surface area contributed by atoms with Gasteiger partial charge in [0.25, 0.3) is 5.89 Å². The molecule has 0 fully saturated rings. The van der Waals surface area contributed by atoms with Crippen LogP contribution in [0.25, 0.3) is 11.5 Å². The summed E-state index contributed by atoms with van der Waals surface area (Å²) in [5.74, 6) is 1.23. The highest BCUT2D eigenvalue weighted by Crippen LogP contribution is 2.17. The third-order valence-electron chi connectivity index (χ3n) is 2.32. The predicted molar refractivity (Wildman–Crippen MR) is 59.1 cm³/mol. The maximum atomic E-state index is 11.1. The molecule has 0 N–H and O–H groups in total. The van der Waals surface area contributed by atoms with E-state index < -0.39 is 0 Å². The average molecular weight is 216 g/mol. The quantitative estimate of drug-likeness (QED) is 0.739. The van der Waals surface area contributed by atoms with Gasteiger partial charge >= 0.3 is 0 Å². The number of aryl methyl sites for hydroxylation is 1. The summed E-state index contributed by atoms with van der Waals surface area (Å²) in [7, 11) is 0. The molecule has 0 aliphatic carbocycles. The Morgan fingerprint density at radius 3 is 2.50 bits per heavy atom. The summed E-state index contributed by atoms with van der Waals surface area (Å²) in [5.41, 5.74) is 1.51. The molecule has 2 rings (SSSR count). The van der Waals surface area contributed by atoms with Gasteiger partial charge in [-0.25, -0.2) is 0 Å². The summed E-state index contributed by atoms with van der Waals surface area (Å²) in [5, 5.41) is 3.82. The fourth-order valence-electron chi connectivity index (χ4n) is 1.36. The van der Waals surface area contributed by atoms with Crippen LogP contribution in [-0.4, -0.2) is 15.9 Å². The molecular formula is C12H12N2O2. The highest BCUT2D eigenvalue weighted by Gasteiger charge is 2.07. The van der Waals surface area contributed by atoms with Gasteiger partial charge in [0.2, 0.25) is 0 Å². The second-order valence-electron chi connectivity index (χ2n) is 3.50. The first kappa shape index (κ1) is 10.5. The van der Waals surface area contributed by atoms with Crippen molar-refractivity contribution in [1.29, 1.82) is 0 Å². The average Bonchev–Trinajstić information content (AvgIpc) is 2.77. The molecule has 0 spiro atoms. The zero-order chi connectivity index (χ0) is 11.5. The molecule has 2 aromatic rings. The van der Waals surface area contributed by atoms with Crippen molar-refractivity contribution in [1.82, 2.24) is 10.1 Å². The van der Waals surface area contributed by atoms with Gasteiger partial charge in [0.15, 0.2) is 11.6 Å². The van der Waals surface area contributed by atoms with Gasteiger partial charge in [0, 0.05) is 17.5 Å². The first-order chi connectivity index (χ1) is 7.70. The molecule has 1 aromatic heterocycles. The Kier molecular flexibility index (Phi) is 2.81. The molecule has 1 aromatic carbocycles. The Morgan fingerprint density at radius 1 is 1.31 bits per heavy atom. The topological polar surface area (TPSA) is 56.0 Å². The molecular weight excluding hydrogens is 204 g/mol. The Balaban J connectivity index is 2.30. The van der Waals surface area contributed by atoms with Crippen molar-refractivity contribution >= 4 is 5.78 Å². The van der Waals surface area contributed by atoms with Crippen molar-refractivity contribution in [2.75, 3.05) is 0 Å². The maximum Gasteiger partial charge on any atom is 0.257 e. The molecule has 0 atom stereocenters. The highest BCUT2D eigenvalue weighted by atomic mass is 16.5. The minimum atomic E-state index is 0.0475. The number of carbonyl (C=O) groups excluding carboxylic acids is 1. The molecule has 4 heteroatoms. The molecule has 0 aliphatic heterocycles. The van der Waals surface area contributed by atoms with Crippen LogP contribution >= 0.6 is 0 Å². The van der Waals surface area contributed by atoms with E-state index in [9.17, 15) is 4.79 Å². The standard InChI is InChI=1S/C12H12N2O2/c1-3-11-13-12(16-14-11)10-6-4-9(5-7-10)8(2)15/h4-7H,3H2,1-2H3. The number of Topliss-reactive ketones (excluding diaryl/α,β-unsaturated/α-hetero) is 1. The van der Waals surface area contributed by atoms with E-state index in [1.54, 1.807) is 12.1 Å². The van der Waals surface area contributed by atoms with Crippen molar-refractivity contribution in [3.05, 3.63) is 35.7 Å². The van der Waals surface area contributed by atoms with Gasteiger partial charge in [-0.15, -0.1) is 0 Å². The summed E-state index contributed by atoms with van der Waals surface area (Å²) in [6.07, 6.45) is 0.745. The summed E-state index contributed by atoms with van der Waals surface area (Å²) in [4.78, 5) is 15.3. The van der Waals surface area contributed by atoms with Crippen LogP contribution in [0.4, 0.5) is 0 Å². The van der Waals surface area contributed by atoms with Gasteiger partial charge in [0.1, 0.15) is 0 Å². The normalized spacial score (nSPS) is 10.4. The second-order valence-corrected chi connectivity index (χ2v) is 3.50. The van der Waals surface area contributed by atoms with Gasteiger partial charge in [-0.3, -0.25) is 4.79 Å². The number of carbonyl (C=O) groups is 1. The van der Waals surface area contributed by atoms with Crippen LogP contribution in [0.2, 0.25) is 0 Å². The molecule has 0 saturated heterocycles. The Morgan fingerprint density at radius 2 is 2.00 bits per heavy atom. The van der Waals surface area contributed by atoms with Crippen molar-refractivity contribution in [2.45, 2.75) is 20.3 Å². The number of ketones is 1. The van der Waals surface area contributed by atoms with Crippen LogP contribution in [0.5, 0.6) is 0 Å². The summed E-state index contributed by atoms with van der Waals surface area (Å²) in [6.45, 7) is 3.50. The van der Waals surface area contributed by atoms with Gasteiger partial charge in [0.05, 0.1) is 0 Å². The Hall–Kier alpha value is -1.97. The van der Waals surface area contributed by atoms with E-state index in [0.29, 0.717) is 17.3 Å². The van der Waals surface area contributed by atoms with Gasteiger partial charge < -0.3 is 4.52 Å². The number of rotatable bonds is 3. The lowest BCUT2D eigenvalue weighted by Crippen LogP contribution is -1.90. The van der Waals surface area contributed by atoms with Crippen LogP contribution in [0, 0.1) is 0 Å². The zero-order valence-electron chi connectivity index (χ0n) is 9.23. The molecule has 0 aliphatic rings. The smallest absolute Gasteiger partial charge is 0.257 e. The maximum absolute atomic E-state index is 11.1. The van der Waals surface area contributed by atoms with Crippen molar-refractivity contribution in [3.8, 4) is 11.5 Å². The molecule has 4 nitrogen and oxygen atoms in total. The van der Waals surface area contributed by atoms with Crippen LogP contribution in [0.3, 0.4) is 0 Å². The van der Waals surface area contributed by atoms with E-state index in [1.165, 1.54) is 6.92 Å². The van der Waals surface area contributed by atoms with Gasteiger partial charge in [-0.05, 0) is 19.1 Å². The van der Waals surface area contributed by atoms with E-state index >= 15 is 0 Å². The van der Waals surface area contributed by atoms with E-state index in [-0.39, 0.29) is 5.78 Å². The van der Waals surface area contributed by atoms with E-state index in [4.69, 9.17) is 4.52 Å². The summed E-state index contributed by atoms with van der Waals surface area (Å²) < 4.78 is 5.10. The lowest BCUT2D eigenvalue weighted by atomic mass is 10.1. The third-order valence-corrected chi connectivity index (χ3v) is 2.32.